The number of para-hydroxylation sites is 1. The molecule has 0 spiro atoms. The molecule has 14 heavy (non-hydrogen) atoms. The van der Waals surface area contributed by atoms with E-state index >= 15 is 0 Å². The summed E-state index contributed by atoms with van der Waals surface area (Å²) in [5.74, 6) is 0.770. The van der Waals surface area contributed by atoms with Crippen LogP contribution in [0.4, 0.5) is 0 Å². The molecule has 72 valence electrons. The second kappa shape index (κ2) is 3.68. The van der Waals surface area contributed by atoms with Gasteiger partial charge in [0, 0.05) is 5.39 Å². The molecular formula is C12H12O2. The van der Waals surface area contributed by atoms with Crippen molar-refractivity contribution < 1.29 is 9.52 Å². The fraction of sp³-hybridized carbons (Fsp3) is 0.167. The summed E-state index contributed by atoms with van der Waals surface area (Å²) < 4.78 is 5.52. The molecule has 0 bridgehead atoms. The topological polar surface area (TPSA) is 33.4 Å². The third-order valence-electron chi connectivity index (χ3n) is 1.98. The number of rotatable bonds is 2. The van der Waals surface area contributed by atoms with Crippen molar-refractivity contribution in [3.63, 3.8) is 0 Å². The molecular weight excluding hydrogens is 176 g/mol. The van der Waals surface area contributed by atoms with Crippen LogP contribution in [0.15, 0.2) is 40.8 Å². The van der Waals surface area contributed by atoms with Crippen LogP contribution < -0.4 is 0 Å². The molecule has 0 saturated heterocycles. The Morgan fingerprint density at radius 2 is 2.14 bits per heavy atom. The number of benzene rings is 1. The van der Waals surface area contributed by atoms with E-state index in [4.69, 9.17) is 9.52 Å². The molecule has 1 unspecified atom stereocenters. The van der Waals surface area contributed by atoms with Crippen LogP contribution in [0.2, 0.25) is 0 Å². The van der Waals surface area contributed by atoms with Crippen molar-refractivity contribution in [1.82, 2.24) is 0 Å². The van der Waals surface area contributed by atoms with Crippen LogP contribution in [0.25, 0.3) is 17.0 Å². The van der Waals surface area contributed by atoms with Crippen LogP contribution in [0.1, 0.15) is 12.7 Å². The van der Waals surface area contributed by atoms with Gasteiger partial charge in [-0.15, -0.1) is 0 Å². The van der Waals surface area contributed by atoms with Crippen molar-refractivity contribution in [1.29, 1.82) is 0 Å². The van der Waals surface area contributed by atoms with Gasteiger partial charge in [-0.3, -0.25) is 0 Å². The van der Waals surface area contributed by atoms with E-state index in [0.29, 0.717) is 0 Å². The van der Waals surface area contributed by atoms with Gasteiger partial charge in [-0.25, -0.2) is 0 Å². The van der Waals surface area contributed by atoms with Crippen molar-refractivity contribution in [2.45, 2.75) is 13.0 Å². The summed E-state index contributed by atoms with van der Waals surface area (Å²) in [4.78, 5) is 0. The Bertz CT molecular complexity index is 419. The SMILES string of the molecule is CC(O)/C=C/c1cc2ccccc2o1. The Morgan fingerprint density at radius 3 is 2.86 bits per heavy atom. The Labute approximate surface area is 82.5 Å². The zero-order valence-corrected chi connectivity index (χ0v) is 7.97. The van der Waals surface area contributed by atoms with E-state index in [9.17, 15) is 0 Å². The lowest BCUT2D eigenvalue weighted by atomic mass is 10.2. The summed E-state index contributed by atoms with van der Waals surface area (Å²) in [7, 11) is 0. The van der Waals surface area contributed by atoms with Crippen LogP contribution in [0, 0.1) is 0 Å². The van der Waals surface area contributed by atoms with E-state index < -0.39 is 6.10 Å². The van der Waals surface area contributed by atoms with Gasteiger partial charge in [0.05, 0.1) is 6.10 Å². The zero-order chi connectivity index (χ0) is 9.97. The lowest BCUT2D eigenvalue weighted by Crippen LogP contribution is -1.90. The van der Waals surface area contributed by atoms with Crippen LogP contribution in [0.3, 0.4) is 0 Å². The molecule has 2 aromatic rings. The highest BCUT2D eigenvalue weighted by Gasteiger charge is 1.99. The van der Waals surface area contributed by atoms with Crippen molar-refractivity contribution >= 4 is 17.0 Å². The summed E-state index contributed by atoms with van der Waals surface area (Å²) in [5.41, 5.74) is 0.873. The molecule has 1 heterocycles. The molecule has 0 aliphatic carbocycles. The summed E-state index contributed by atoms with van der Waals surface area (Å²) in [6.45, 7) is 1.71. The fourth-order valence-electron chi connectivity index (χ4n) is 1.32. The lowest BCUT2D eigenvalue weighted by Gasteiger charge is -1.90. The molecule has 0 fully saturated rings. The first-order valence-corrected chi connectivity index (χ1v) is 4.60. The zero-order valence-electron chi connectivity index (χ0n) is 7.97. The molecule has 1 N–H and O–H groups in total. The lowest BCUT2D eigenvalue weighted by molar-refractivity contribution is 0.245. The molecule has 0 aliphatic heterocycles. The number of hydrogen-bond donors (Lipinski definition) is 1. The molecule has 0 saturated carbocycles. The molecule has 1 aromatic heterocycles. The Hall–Kier alpha value is -1.54. The van der Waals surface area contributed by atoms with Gasteiger partial charge < -0.3 is 9.52 Å². The fourth-order valence-corrected chi connectivity index (χ4v) is 1.32. The summed E-state index contributed by atoms with van der Waals surface area (Å²) in [6.07, 6.45) is 3.03. The minimum Gasteiger partial charge on any atom is -0.457 e. The third kappa shape index (κ3) is 1.86. The highest BCUT2D eigenvalue weighted by molar-refractivity contribution is 5.79. The van der Waals surface area contributed by atoms with E-state index in [0.717, 1.165) is 16.7 Å². The van der Waals surface area contributed by atoms with Gasteiger partial charge in [0.25, 0.3) is 0 Å². The van der Waals surface area contributed by atoms with Gasteiger partial charge in [0.2, 0.25) is 0 Å². The monoisotopic (exact) mass is 188 g/mol. The molecule has 0 radical (unpaired) electrons. The maximum Gasteiger partial charge on any atom is 0.134 e. The molecule has 1 atom stereocenters. The number of furan rings is 1. The number of aliphatic hydroxyl groups is 1. The second-order valence-electron chi connectivity index (χ2n) is 3.29. The smallest absolute Gasteiger partial charge is 0.134 e. The average Bonchev–Trinajstić information content (AvgIpc) is 2.57. The van der Waals surface area contributed by atoms with E-state index in [1.165, 1.54) is 0 Å². The maximum atomic E-state index is 9.06. The van der Waals surface area contributed by atoms with Crippen LogP contribution in [-0.2, 0) is 0 Å². The minimum absolute atomic E-state index is 0.441. The third-order valence-corrected chi connectivity index (χ3v) is 1.98. The van der Waals surface area contributed by atoms with Crippen molar-refractivity contribution in [2.75, 3.05) is 0 Å². The number of fused-ring (bicyclic) bond motifs is 1. The van der Waals surface area contributed by atoms with Crippen molar-refractivity contribution in [3.05, 3.63) is 42.2 Å². The van der Waals surface area contributed by atoms with Crippen molar-refractivity contribution in [3.8, 4) is 0 Å². The molecule has 0 aliphatic rings. The first kappa shape index (κ1) is 9.03. The molecule has 1 aromatic carbocycles. The van der Waals surface area contributed by atoms with Crippen LogP contribution in [-0.4, -0.2) is 11.2 Å². The first-order valence-electron chi connectivity index (χ1n) is 4.60. The van der Waals surface area contributed by atoms with Crippen LogP contribution >= 0.6 is 0 Å². The van der Waals surface area contributed by atoms with Gasteiger partial charge in [-0.2, -0.15) is 0 Å². The van der Waals surface area contributed by atoms with Gasteiger partial charge in [0.1, 0.15) is 11.3 Å². The molecule has 2 rings (SSSR count). The number of aliphatic hydroxyl groups excluding tert-OH is 1. The van der Waals surface area contributed by atoms with Gasteiger partial charge in [-0.05, 0) is 25.1 Å². The van der Waals surface area contributed by atoms with Gasteiger partial charge in [0.15, 0.2) is 0 Å². The quantitative estimate of drug-likeness (QED) is 0.786. The van der Waals surface area contributed by atoms with E-state index in [-0.39, 0.29) is 0 Å². The Balaban J connectivity index is 2.36. The van der Waals surface area contributed by atoms with Crippen molar-refractivity contribution in [2.24, 2.45) is 0 Å². The Kier molecular flexibility index (Phi) is 2.37. The predicted octanol–water partition coefficient (Wildman–Crippen LogP) is 2.83. The van der Waals surface area contributed by atoms with Gasteiger partial charge in [-0.1, -0.05) is 24.3 Å². The standard InChI is InChI=1S/C12H12O2/c1-9(13)6-7-11-8-10-4-2-3-5-12(10)14-11/h2-9,13H,1H3/b7-6+. The summed E-state index contributed by atoms with van der Waals surface area (Å²) >= 11 is 0. The van der Waals surface area contributed by atoms with E-state index in [1.807, 2.05) is 30.3 Å². The molecule has 0 amide bonds. The molecule has 2 heteroatoms. The van der Waals surface area contributed by atoms with Gasteiger partial charge >= 0.3 is 0 Å². The second-order valence-corrected chi connectivity index (χ2v) is 3.29. The van der Waals surface area contributed by atoms with Crippen LogP contribution in [0.5, 0.6) is 0 Å². The summed E-state index contributed by atoms with van der Waals surface area (Å²) in [5, 5.41) is 10.1. The minimum atomic E-state index is -0.441. The van der Waals surface area contributed by atoms with E-state index in [1.54, 1.807) is 19.1 Å². The molecule has 2 nitrogen and oxygen atoms in total. The number of hydrogen-bond acceptors (Lipinski definition) is 2. The normalized spacial score (nSPS) is 13.9. The largest absolute Gasteiger partial charge is 0.457 e. The first-order chi connectivity index (χ1) is 6.75. The average molecular weight is 188 g/mol. The highest BCUT2D eigenvalue weighted by Crippen LogP contribution is 2.19. The highest BCUT2D eigenvalue weighted by atomic mass is 16.3. The maximum absolute atomic E-state index is 9.06. The Morgan fingerprint density at radius 1 is 1.36 bits per heavy atom. The van der Waals surface area contributed by atoms with E-state index in [2.05, 4.69) is 0 Å². The summed E-state index contributed by atoms with van der Waals surface area (Å²) in [6, 6.07) is 9.79. The predicted molar refractivity (Wildman–Crippen MR) is 56.9 cm³/mol.